The summed E-state index contributed by atoms with van der Waals surface area (Å²) in [5.41, 5.74) is -3.55. The molecule has 0 atom stereocenters. The van der Waals surface area contributed by atoms with Crippen LogP contribution in [0.4, 0.5) is 35.1 Å². The average Bonchev–Trinajstić information content (AvgIpc) is 2.45. The molecule has 0 aliphatic carbocycles. The summed E-state index contributed by atoms with van der Waals surface area (Å²) in [6, 6.07) is 5.56. The Bertz CT molecular complexity index is 680. The molecule has 2 rings (SSSR count). The van der Waals surface area contributed by atoms with E-state index >= 15 is 0 Å². The Kier molecular flexibility index (Phi) is 4.37. The maximum atomic E-state index is 12.8. The van der Waals surface area contributed by atoms with Gasteiger partial charge in [-0.25, -0.2) is 8.78 Å². The molecule has 0 heterocycles. The van der Waals surface area contributed by atoms with Crippen molar-refractivity contribution in [3.8, 4) is 11.1 Å². The van der Waals surface area contributed by atoms with E-state index in [0.29, 0.717) is 12.1 Å². The molecular weight excluding hydrogens is 332 g/mol. The van der Waals surface area contributed by atoms with Crippen LogP contribution in [0.1, 0.15) is 23.1 Å². The predicted molar refractivity (Wildman–Crippen MR) is 66.8 cm³/mol. The van der Waals surface area contributed by atoms with Crippen LogP contribution in [0.15, 0.2) is 42.5 Å². The highest BCUT2D eigenvalue weighted by atomic mass is 19.4. The Labute approximate surface area is 125 Å². The van der Waals surface area contributed by atoms with E-state index in [1.165, 1.54) is 0 Å². The van der Waals surface area contributed by atoms with E-state index in [9.17, 15) is 35.1 Å². The average molecular weight is 340 g/mol. The van der Waals surface area contributed by atoms with Gasteiger partial charge >= 0.3 is 12.4 Å². The van der Waals surface area contributed by atoms with Crippen LogP contribution in [-0.4, -0.2) is 0 Å². The zero-order chi connectivity index (χ0) is 17.4. The molecule has 0 unspecified atom stereocenters. The van der Waals surface area contributed by atoms with Crippen molar-refractivity contribution >= 4 is 0 Å². The van der Waals surface area contributed by atoms with E-state index in [0.717, 1.165) is 30.3 Å². The second kappa shape index (κ2) is 5.82. The molecule has 0 N–H and O–H groups in total. The van der Waals surface area contributed by atoms with Crippen LogP contribution in [0.5, 0.6) is 0 Å². The van der Waals surface area contributed by atoms with Crippen LogP contribution < -0.4 is 0 Å². The van der Waals surface area contributed by atoms with E-state index in [4.69, 9.17) is 0 Å². The van der Waals surface area contributed by atoms with Gasteiger partial charge in [-0.2, -0.15) is 26.3 Å². The third kappa shape index (κ3) is 3.80. The molecular formula is C15H8F8. The molecule has 0 aliphatic rings. The van der Waals surface area contributed by atoms with Gasteiger partial charge in [-0.15, -0.1) is 0 Å². The van der Waals surface area contributed by atoms with Crippen molar-refractivity contribution in [1.29, 1.82) is 0 Å². The zero-order valence-electron chi connectivity index (χ0n) is 11.1. The van der Waals surface area contributed by atoms with Crippen LogP contribution in [0.25, 0.3) is 11.1 Å². The Morgan fingerprint density at radius 1 is 0.652 bits per heavy atom. The lowest BCUT2D eigenvalue weighted by Gasteiger charge is -2.14. The first-order valence-electron chi connectivity index (χ1n) is 6.17. The number of hydrogen-bond donors (Lipinski definition) is 0. The van der Waals surface area contributed by atoms with Crippen molar-refractivity contribution in [1.82, 2.24) is 0 Å². The fourth-order valence-corrected chi connectivity index (χ4v) is 2.03. The van der Waals surface area contributed by atoms with Gasteiger partial charge in [0.1, 0.15) is 0 Å². The van der Waals surface area contributed by atoms with Gasteiger partial charge in [-0.1, -0.05) is 18.2 Å². The highest BCUT2D eigenvalue weighted by molar-refractivity contribution is 5.65. The third-order valence-corrected chi connectivity index (χ3v) is 3.14. The van der Waals surface area contributed by atoms with E-state index in [-0.39, 0.29) is 11.1 Å². The molecule has 0 bridgehead atoms. The molecule has 0 radical (unpaired) electrons. The van der Waals surface area contributed by atoms with Gasteiger partial charge in [0.2, 0.25) is 0 Å². The summed E-state index contributed by atoms with van der Waals surface area (Å²) in [5.74, 6) is 0. The van der Waals surface area contributed by atoms with E-state index in [1.807, 2.05) is 0 Å². The number of alkyl halides is 8. The number of halogens is 8. The lowest BCUT2D eigenvalue weighted by Crippen LogP contribution is -2.09. The second-order valence-corrected chi connectivity index (χ2v) is 4.68. The highest BCUT2D eigenvalue weighted by Gasteiger charge is 2.36. The highest BCUT2D eigenvalue weighted by Crippen LogP contribution is 2.39. The molecule has 23 heavy (non-hydrogen) atoms. The van der Waals surface area contributed by atoms with E-state index in [1.54, 1.807) is 0 Å². The maximum Gasteiger partial charge on any atom is 0.416 e. The van der Waals surface area contributed by atoms with Crippen LogP contribution in [0, 0.1) is 0 Å². The van der Waals surface area contributed by atoms with E-state index < -0.39 is 35.5 Å². The molecule has 2 aromatic carbocycles. The topological polar surface area (TPSA) is 0 Å². The molecule has 124 valence electrons. The molecule has 0 aromatic heterocycles. The van der Waals surface area contributed by atoms with Gasteiger partial charge < -0.3 is 0 Å². The lowest BCUT2D eigenvalue weighted by atomic mass is 9.98. The fourth-order valence-electron chi connectivity index (χ4n) is 2.03. The SMILES string of the molecule is FC(F)c1cc(-c2ccc(C(F)(F)F)cc2)ccc1C(F)(F)F. The summed E-state index contributed by atoms with van der Waals surface area (Å²) in [4.78, 5) is 0. The minimum absolute atomic E-state index is 0.0259. The van der Waals surface area contributed by atoms with E-state index in [2.05, 4.69) is 0 Å². The van der Waals surface area contributed by atoms with Crippen molar-refractivity contribution in [2.24, 2.45) is 0 Å². The molecule has 0 aliphatic heterocycles. The normalized spacial score (nSPS) is 12.7. The van der Waals surface area contributed by atoms with Crippen LogP contribution in [0.3, 0.4) is 0 Å². The molecule has 0 nitrogen and oxygen atoms in total. The molecule has 0 spiro atoms. The third-order valence-electron chi connectivity index (χ3n) is 3.14. The lowest BCUT2D eigenvalue weighted by molar-refractivity contribution is -0.139. The minimum Gasteiger partial charge on any atom is -0.205 e. The van der Waals surface area contributed by atoms with Crippen LogP contribution in [0.2, 0.25) is 0 Å². The fraction of sp³-hybridized carbons (Fsp3) is 0.200. The van der Waals surface area contributed by atoms with Gasteiger partial charge in [-0.05, 0) is 35.4 Å². The van der Waals surface area contributed by atoms with Crippen molar-refractivity contribution in [3.05, 3.63) is 59.2 Å². The Hall–Kier alpha value is -2.12. The van der Waals surface area contributed by atoms with Gasteiger partial charge in [0, 0.05) is 5.56 Å². The van der Waals surface area contributed by atoms with Crippen molar-refractivity contribution in [2.75, 3.05) is 0 Å². The summed E-state index contributed by atoms with van der Waals surface area (Å²) >= 11 is 0. The summed E-state index contributed by atoms with van der Waals surface area (Å²) in [7, 11) is 0. The van der Waals surface area contributed by atoms with Gasteiger partial charge in [0.15, 0.2) is 0 Å². The summed E-state index contributed by atoms with van der Waals surface area (Å²) in [6.07, 6.45) is -12.9. The molecule has 0 saturated carbocycles. The monoisotopic (exact) mass is 340 g/mol. The standard InChI is InChI=1S/C15H8F8/c16-13(17)11-7-9(3-6-12(11)15(21,22)23)8-1-4-10(5-2-8)14(18,19)20/h1-7,13H. The first kappa shape index (κ1) is 17.2. The largest absolute Gasteiger partial charge is 0.416 e. The van der Waals surface area contributed by atoms with Crippen LogP contribution in [-0.2, 0) is 12.4 Å². The molecule has 0 fully saturated rings. The number of hydrogen-bond acceptors (Lipinski definition) is 0. The van der Waals surface area contributed by atoms with Crippen molar-refractivity contribution < 1.29 is 35.1 Å². The van der Waals surface area contributed by atoms with Gasteiger partial charge in [-0.3, -0.25) is 0 Å². The molecule has 0 saturated heterocycles. The Morgan fingerprint density at radius 2 is 1.17 bits per heavy atom. The Morgan fingerprint density at radius 3 is 1.61 bits per heavy atom. The zero-order valence-corrected chi connectivity index (χ0v) is 11.1. The molecule has 8 heteroatoms. The number of benzene rings is 2. The molecule has 2 aromatic rings. The minimum atomic E-state index is -4.94. The second-order valence-electron chi connectivity index (χ2n) is 4.68. The van der Waals surface area contributed by atoms with Gasteiger partial charge in [0.25, 0.3) is 6.43 Å². The summed E-state index contributed by atoms with van der Waals surface area (Å²) in [5, 5.41) is 0. The predicted octanol–water partition coefficient (Wildman–Crippen LogP) is 6.33. The smallest absolute Gasteiger partial charge is 0.205 e. The van der Waals surface area contributed by atoms with Crippen molar-refractivity contribution in [3.63, 3.8) is 0 Å². The van der Waals surface area contributed by atoms with Crippen molar-refractivity contribution in [2.45, 2.75) is 18.8 Å². The Balaban J connectivity index is 2.47. The summed E-state index contributed by atoms with van der Waals surface area (Å²) < 4.78 is 101. The number of rotatable bonds is 2. The van der Waals surface area contributed by atoms with Crippen LogP contribution >= 0.6 is 0 Å². The summed E-state index contributed by atoms with van der Waals surface area (Å²) in [6.45, 7) is 0. The first-order chi connectivity index (χ1) is 10.5. The van der Waals surface area contributed by atoms with Gasteiger partial charge in [0.05, 0.1) is 11.1 Å². The first-order valence-corrected chi connectivity index (χ1v) is 6.17. The quantitative estimate of drug-likeness (QED) is 0.561. The maximum absolute atomic E-state index is 12.8. The molecule has 0 amide bonds.